The molecule has 2 saturated carbocycles. The highest BCUT2D eigenvalue weighted by Crippen LogP contribution is 2.32. The molecule has 2 nitrogen and oxygen atoms in total. The van der Waals surface area contributed by atoms with Gasteiger partial charge in [0.1, 0.15) is 0 Å². The molecule has 0 aromatic rings. The zero-order valence-electron chi connectivity index (χ0n) is 9.00. The summed E-state index contributed by atoms with van der Waals surface area (Å²) in [5, 5.41) is 12.8. The lowest BCUT2D eigenvalue weighted by Crippen LogP contribution is -2.37. The zero-order chi connectivity index (χ0) is 9.97. The van der Waals surface area contributed by atoms with Gasteiger partial charge >= 0.3 is 0 Å². The largest absolute Gasteiger partial charge is 0.310 e. The molecule has 0 heterocycles. The number of nitriles is 1. The van der Waals surface area contributed by atoms with Crippen LogP contribution in [0.1, 0.15) is 45.4 Å². The van der Waals surface area contributed by atoms with E-state index in [0.717, 1.165) is 12.3 Å². The minimum Gasteiger partial charge on any atom is -0.310 e. The smallest absolute Gasteiger partial charge is 0.0672 e. The van der Waals surface area contributed by atoms with Gasteiger partial charge in [0, 0.05) is 12.1 Å². The summed E-state index contributed by atoms with van der Waals surface area (Å²) in [7, 11) is 0. The standard InChI is InChI=1S/C12H20N2/c1-9-7-12(9)14-11-6-4-2-3-5-10(11)8-13/h9-12,14H,2-7H2,1H3. The minimum atomic E-state index is 0.269. The molecule has 0 aromatic carbocycles. The first-order valence-electron chi connectivity index (χ1n) is 5.97. The molecule has 0 saturated heterocycles. The van der Waals surface area contributed by atoms with E-state index in [-0.39, 0.29) is 5.92 Å². The van der Waals surface area contributed by atoms with Gasteiger partial charge in [-0.3, -0.25) is 0 Å². The summed E-state index contributed by atoms with van der Waals surface area (Å²) in [6, 6.07) is 3.68. The van der Waals surface area contributed by atoms with Crippen molar-refractivity contribution in [2.45, 2.75) is 57.5 Å². The Kier molecular flexibility index (Phi) is 3.08. The molecule has 2 heteroatoms. The maximum absolute atomic E-state index is 9.10. The van der Waals surface area contributed by atoms with Gasteiger partial charge in [0.2, 0.25) is 0 Å². The van der Waals surface area contributed by atoms with Crippen LogP contribution in [0, 0.1) is 23.2 Å². The van der Waals surface area contributed by atoms with E-state index in [0.29, 0.717) is 12.1 Å². The molecule has 0 radical (unpaired) electrons. The second kappa shape index (κ2) is 4.31. The Balaban J connectivity index is 1.88. The van der Waals surface area contributed by atoms with E-state index in [1.807, 2.05) is 0 Å². The van der Waals surface area contributed by atoms with E-state index in [1.165, 1.54) is 32.1 Å². The number of nitrogens with one attached hydrogen (secondary N) is 1. The third-order valence-electron chi connectivity index (χ3n) is 3.72. The summed E-state index contributed by atoms with van der Waals surface area (Å²) in [6.07, 6.45) is 7.50. The van der Waals surface area contributed by atoms with E-state index in [9.17, 15) is 0 Å². The van der Waals surface area contributed by atoms with Crippen LogP contribution in [0.3, 0.4) is 0 Å². The first kappa shape index (κ1) is 9.98. The van der Waals surface area contributed by atoms with Gasteiger partial charge < -0.3 is 5.32 Å². The molecule has 4 unspecified atom stereocenters. The molecule has 2 aliphatic carbocycles. The molecular formula is C12H20N2. The molecule has 2 aliphatic rings. The molecule has 78 valence electrons. The highest BCUT2D eigenvalue weighted by molar-refractivity contribution is 4.99. The summed E-state index contributed by atoms with van der Waals surface area (Å²) < 4.78 is 0. The predicted molar refractivity (Wildman–Crippen MR) is 56.7 cm³/mol. The lowest BCUT2D eigenvalue weighted by molar-refractivity contribution is 0.386. The second-order valence-corrected chi connectivity index (χ2v) is 4.97. The van der Waals surface area contributed by atoms with Crippen LogP contribution in [0.4, 0.5) is 0 Å². The third-order valence-corrected chi connectivity index (χ3v) is 3.72. The van der Waals surface area contributed by atoms with Crippen LogP contribution in [0.2, 0.25) is 0 Å². The van der Waals surface area contributed by atoms with Crippen LogP contribution in [-0.4, -0.2) is 12.1 Å². The summed E-state index contributed by atoms with van der Waals surface area (Å²) in [6.45, 7) is 2.29. The van der Waals surface area contributed by atoms with Crippen LogP contribution in [-0.2, 0) is 0 Å². The summed E-state index contributed by atoms with van der Waals surface area (Å²) >= 11 is 0. The van der Waals surface area contributed by atoms with Gasteiger partial charge in [-0.15, -0.1) is 0 Å². The third kappa shape index (κ3) is 2.27. The van der Waals surface area contributed by atoms with Crippen LogP contribution in [0.15, 0.2) is 0 Å². The first-order valence-corrected chi connectivity index (χ1v) is 5.97. The van der Waals surface area contributed by atoms with Crippen molar-refractivity contribution in [2.75, 3.05) is 0 Å². The molecule has 1 N–H and O–H groups in total. The van der Waals surface area contributed by atoms with Crippen LogP contribution in [0.5, 0.6) is 0 Å². The Morgan fingerprint density at radius 2 is 1.86 bits per heavy atom. The molecule has 0 aliphatic heterocycles. The van der Waals surface area contributed by atoms with Crippen molar-refractivity contribution in [3.8, 4) is 6.07 Å². The number of hydrogen-bond donors (Lipinski definition) is 1. The van der Waals surface area contributed by atoms with Crippen molar-refractivity contribution in [1.82, 2.24) is 5.32 Å². The maximum atomic E-state index is 9.10. The highest BCUT2D eigenvalue weighted by Gasteiger charge is 2.36. The number of nitrogens with zero attached hydrogens (tertiary/aromatic N) is 1. The fraction of sp³-hybridized carbons (Fsp3) is 0.917. The molecule has 14 heavy (non-hydrogen) atoms. The normalized spacial score (nSPS) is 42.6. The molecule has 0 amide bonds. The Bertz CT molecular complexity index is 231. The molecule has 2 fully saturated rings. The Hall–Kier alpha value is -0.550. The quantitative estimate of drug-likeness (QED) is 0.682. The average molecular weight is 192 g/mol. The monoisotopic (exact) mass is 192 g/mol. The molecule has 2 rings (SSSR count). The van der Waals surface area contributed by atoms with E-state index < -0.39 is 0 Å². The molecule has 0 aromatic heterocycles. The average Bonchev–Trinajstić information content (AvgIpc) is 2.91. The molecule has 0 spiro atoms. The van der Waals surface area contributed by atoms with E-state index in [2.05, 4.69) is 18.3 Å². The van der Waals surface area contributed by atoms with E-state index in [1.54, 1.807) is 0 Å². The van der Waals surface area contributed by atoms with Gasteiger partial charge in [-0.05, 0) is 25.2 Å². The second-order valence-electron chi connectivity index (χ2n) is 4.97. The van der Waals surface area contributed by atoms with E-state index in [4.69, 9.17) is 5.26 Å². The predicted octanol–water partition coefficient (Wildman–Crippen LogP) is 2.46. The van der Waals surface area contributed by atoms with Gasteiger partial charge in [0.15, 0.2) is 0 Å². The molecule has 4 atom stereocenters. The first-order chi connectivity index (χ1) is 6.81. The van der Waals surface area contributed by atoms with Gasteiger partial charge in [-0.25, -0.2) is 0 Å². The molecular weight excluding hydrogens is 172 g/mol. The van der Waals surface area contributed by atoms with Gasteiger partial charge in [-0.2, -0.15) is 5.26 Å². The van der Waals surface area contributed by atoms with Gasteiger partial charge in [0.25, 0.3) is 0 Å². The van der Waals surface area contributed by atoms with Crippen LogP contribution < -0.4 is 5.32 Å². The molecule has 0 bridgehead atoms. The topological polar surface area (TPSA) is 35.8 Å². The Morgan fingerprint density at radius 1 is 1.14 bits per heavy atom. The van der Waals surface area contributed by atoms with Crippen molar-refractivity contribution < 1.29 is 0 Å². The summed E-state index contributed by atoms with van der Waals surface area (Å²) in [5.41, 5.74) is 0. The lowest BCUT2D eigenvalue weighted by Gasteiger charge is -2.20. The van der Waals surface area contributed by atoms with Crippen LogP contribution >= 0.6 is 0 Å². The Labute approximate surface area is 86.7 Å². The SMILES string of the molecule is CC1CC1NC1CCCCCC1C#N. The van der Waals surface area contributed by atoms with Crippen molar-refractivity contribution in [1.29, 1.82) is 5.26 Å². The fourth-order valence-corrected chi connectivity index (χ4v) is 2.49. The van der Waals surface area contributed by atoms with Crippen molar-refractivity contribution in [3.63, 3.8) is 0 Å². The van der Waals surface area contributed by atoms with Gasteiger partial charge in [0.05, 0.1) is 12.0 Å². The van der Waals surface area contributed by atoms with Gasteiger partial charge in [-0.1, -0.05) is 26.2 Å². The van der Waals surface area contributed by atoms with Crippen molar-refractivity contribution in [3.05, 3.63) is 0 Å². The number of hydrogen-bond acceptors (Lipinski definition) is 2. The van der Waals surface area contributed by atoms with Crippen molar-refractivity contribution >= 4 is 0 Å². The summed E-state index contributed by atoms with van der Waals surface area (Å²) in [4.78, 5) is 0. The minimum absolute atomic E-state index is 0.269. The Morgan fingerprint density at radius 3 is 2.50 bits per heavy atom. The lowest BCUT2D eigenvalue weighted by atomic mass is 9.96. The number of rotatable bonds is 2. The fourth-order valence-electron chi connectivity index (χ4n) is 2.49. The zero-order valence-corrected chi connectivity index (χ0v) is 9.00. The van der Waals surface area contributed by atoms with Crippen molar-refractivity contribution in [2.24, 2.45) is 11.8 Å². The summed E-state index contributed by atoms with van der Waals surface area (Å²) in [5.74, 6) is 1.11. The highest BCUT2D eigenvalue weighted by atomic mass is 15.0. The van der Waals surface area contributed by atoms with E-state index >= 15 is 0 Å². The van der Waals surface area contributed by atoms with Crippen LogP contribution in [0.25, 0.3) is 0 Å². The maximum Gasteiger partial charge on any atom is 0.0672 e.